The smallest absolute Gasteiger partial charge is 0.258 e. The molecule has 5 heteroatoms. The SMILES string of the molecule is Cc1nc2ccc(C(=O)/C=C/c3ccc(C#N)cc3)cc2c(=O)[nH]1. The van der Waals surface area contributed by atoms with Crippen LogP contribution in [0.4, 0.5) is 0 Å². The lowest BCUT2D eigenvalue weighted by Gasteiger charge is -2.01. The molecule has 0 aliphatic carbocycles. The van der Waals surface area contributed by atoms with Gasteiger partial charge in [0, 0.05) is 5.56 Å². The van der Waals surface area contributed by atoms with E-state index in [9.17, 15) is 9.59 Å². The van der Waals surface area contributed by atoms with E-state index < -0.39 is 0 Å². The zero-order valence-corrected chi connectivity index (χ0v) is 12.9. The fourth-order valence-corrected chi connectivity index (χ4v) is 2.35. The molecule has 2 aromatic carbocycles. The van der Waals surface area contributed by atoms with Crippen molar-refractivity contribution in [2.75, 3.05) is 0 Å². The van der Waals surface area contributed by atoms with Crippen LogP contribution in [0, 0.1) is 18.3 Å². The maximum absolute atomic E-state index is 12.3. The molecular formula is C19H13N3O2. The van der Waals surface area contributed by atoms with Crippen LogP contribution < -0.4 is 5.56 Å². The Labute approximate surface area is 137 Å². The van der Waals surface area contributed by atoms with Gasteiger partial charge in [0.1, 0.15) is 5.82 Å². The lowest BCUT2D eigenvalue weighted by atomic mass is 10.1. The van der Waals surface area contributed by atoms with E-state index in [-0.39, 0.29) is 11.3 Å². The Morgan fingerprint density at radius 2 is 1.96 bits per heavy atom. The Bertz CT molecular complexity index is 1050. The van der Waals surface area contributed by atoms with E-state index in [1.165, 1.54) is 6.08 Å². The number of nitrogens with one attached hydrogen (secondary N) is 1. The van der Waals surface area contributed by atoms with Crippen LogP contribution in [0.5, 0.6) is 0 Å². The number of nitrogens with zero attached hydrogens (tertiary/aromatic N) is 2. The van der Waals surface area contributed by atoms with Gasteiger partial charge in [0.15, 0.2) is 5.78 Å². The third-order valence-electron chi connectivity index (χ3n) is 3.58. The van der Waals surface area contributed by atoms with E-state index in [1.54, 1.807) is 55.5 Å². The highest BCUT2D eigenvalue weighted by Crippen LogP contribution is 2.12. The quantitative estimate of drug-likeness (QED) is 0.594. The third-order valence-corrected chi connectivity index (χ3v) is 3.58. The summed E-state index contributed by atoms with van der Waals surface area (Å²) < 4.78 is 0. The molecule has 0 saturated carbocycles. The maximum atomic E-state index is 12.3. The maximum Gasteiger partial charge on any atom is 0.258 e. The number of rotatable bonds is 3. The molecule has 0 bridgehead atoms. The van der Waals surface area contributed by atoms with E-state index in [0.717, 1.165) is 5.56 Å². The first-order valence-electron chi connectivity index (χ1n) is 7.30. The van der Waals surface area contributed by atoms with Crippen molar-refractivity contribution >= 4 is 22.8 Å². The van der Waals surface area contributed by atoms with Gasteiger partial charge in [0.05, 0.1) is 22.5 Å². The molecule has 0 atom stereocenters. The summed E-state index contributed by atoms with van der Waals surface area (Å²) in [6.45, 7) is 1.71. The number of carbonyl (C=O) groups is 1. The van der Waals surface area contributed by atoms with Crippen molar-refractivity contribution in [2.24, 2.45) is 0 Å². The Kier molecular flexibility index (Phi) is 4.04. The monoisotopic (exact) mass is 315 g/mol. The van der Waals surface area contributed by atoms with Gasteiger partial charge in [-0.3, -0.25) is 9.59 Å². The first-order valence-corrected chi connectivity index (χ1v) is 7.30. The summed E-state index contributed by atoms with van der Waals surface area (Å²) in [6.07, 6.45) is 3.11. The molecule has 1 N–H and O–H groups in total. The zero-order chi connectivity index (χ0) is 17.1. The van der Waals surface area contributed by atoms with Crippen LogP contribution in [-0.4, -0.2) is 15.8 Å². The fourth-order valence-electron chi connectivity index (χ4n) is 2.35. The van der Waals surface area contributed by atoms with Crippen LogP contribution in [0.1, 0.15) is 27.3 Å². The molecule has 0 aliphatic rings. The second-order valence-corrected chi connectivity index (χ2v) is 5.31. The summed E-state index contributed by atoms with van der Waals surface area (Å²) in [5.74, 6) is 0.327. The van der Waals surface area contributed by atoms with Gasteiger partial charge >= 0.3 is 0 Å². The topological polar surface area (TPSA) is 86.6 Å². The average molecular weight is 315 g/mol. The molecule has 0 amide bonds. The van der Waals surface area contributed by atoms with Gasteiger partial charge in [-0.15, -0.1) is 0 Å². The van der Waals surface area contributed by atoms with E-state index in [2.05, 4.69) is 9.97 Å². The molecule has 24 heavy (non-hydrogen) atoms. The highest BCUT2D eigenvalue weighted by Gasteiger charge is 2.07. The van der Waals surface area contributed by atoms with Crippen molar-refractivity contribution in [2.45, 2.75) is 6.92 Å². The minimum atomic E-state index is -0.261. The van der Waals surface area contributed by atoms with Crippen molar-refractivity contribution in [3.63, 3.8) is 0 Å². The zero-order valence-electron chi connectivity index (χ0n) is 12.9. The van der Waals surface area contributed by atoms with Crippen molar-refractivity contribution in [1.82, 2.24) is 9.97 Å². The van der Waals surface area contributed by atoms with Crippen LogP contribution >= 0.6 is 0 Å². The van der Waals surface area contributed by atoms with Gasteiger partial charge in [-0.25, -0.2) is 4.98 Å². The van der Waals surface area contributed by atoms with Gasteiger partial charge in [-0.2, -0.15) is 5.26 Å². The second-order valence-electron chi connectivity index (χ2n) is 5.31. The summed E-state index contributed by atoms with van der Waals surface area (Å²) >= 11 is 0. The normalized spacial score (nSPS) is 10.8. The number of allylic oxidation sites excluding steroid dienone is 1. The molecular weight excluding hydrogens is 302 g/mol. The number of nitriles is 1. The van der Waals surface area contributed by atoms with Gasteiger partial charge in [-0.05, 0) is 48.9 Å². The van der Waals surface area contributed by atoms with Gasteiger partial charge in [0.25, 0.3) is 5.56 Å². The van der Waals surface area contributed by atoms with Crippen LogP contribution in [0.15, 0.2) is 53.3 Å². The highest BCUT2D eigenvalue weighted by atomic mass is 16.1. The summed E-state index contributed by atoms with van der Waals surface area (Å²) in [7, 11) is 0. The van der Waals surface area contributed by atoms with E-state index in [0.29, 0.717) is 27.9 Å². The lowest BCUT2D eigenvalue weighted by molar-refractivity contribution is 0.104. The van der Waals surface area contributed by atoms with Crippen LogP contribution in [0.25, 0.3) is 17.0 Å². The average Bonchev–Trinajstić information content (AvgIpc) is 2.59. The van der Waals surface area contributed by atoms with E-state index >= 15 is 0 Å². The molecule has 3 aromatic rings. The van der Waals surface area contributed by atoms with E-state index in [4.69, 9.17) is 5.26 Å². The predicted octanol–water partition coefficient (Wildman–Crippen LogP) is 3.00. The first-order chi connectivity index (χ1) is 11.6. The molecule has 5 nitrogen and oxygen atoms in total. The van der Waals surface area contributed by atoms with Crippen molar-refractivity contribution in [3.8, 4) is 6.07 Å². The summed E-state index contributed by atoms with van der Waals surface area (Å²) in [6, 6.07) is 13.8. The van der Waals surface area contributed by atoms with Crippen molar-refractivity contribution < 1.29 is 4.79 Å². The Hall–Kier alpha value is -3.52. The molecule has 116 valence electrons. The molecule has 0 unspecified atom stereocenters. The molecule has 0 radical (unpaired) electrons. The number of aromatic nitrogens is 2. The minimum absolute atomic E-state index is 0.207. The largest absolute Gasteiger partial charge is 0.310 e. The number of hydrogen-bond acceptors (Lipinski definition) is 4. The van der Waals surface area contributed by atoms with Crippen LogP contribution in [0.2, 0.25) is 0 Å². The van der Waals surface area contributed by atoms with Gasteiger partial charge in [0.2, 0.25) is 0 Å². The van der Waals surface area contributed by atoms with Crippen molar-refractivity contribution in [1.29, 1.82) is 5.26 Å². The van der Waals surface area contributed by atoms with Gasteiger partial charge in [-0.1, -0.05) is 18.2 Å². The third kappa shape index (κ3) is 3.13. The first kappa shape index (κ1) is 15.4. The van der Waals surface area contributed by atoms with Gasteiger partial charge < -0.3 is 4.98 Å². The predicted molar refractivity (Wildman–Crippen MR) is 91.6 cm³/mol. The minimum Gasteiger partial charge on any atom is -0.310 e. The highest BCUT2D eigenvalue weighted by molar-refractivity contribution is 6.08. The number of benzene rings is 2. The molecule has 0 spiro atoms. The summed E-state index contributed by atoms with van der Waals surface area (Å²) in [5, 5.41) is 9.15. The molecule has 0 aliphatic heterocycles. The molecule has 1 heterocycles. The number of ketones is 1. The fraction of sp³-hybridized carbons (Fsp3) is 0.0526. The number of H-pyrrole nitrogens is 1. The Balaban J connectivity index is 1.89. The summed E-state index contributed by atoms with van der Waals surface area (Å²) in [4.78, 5) is 31.1. The number of aryl methyl sites for hydroxylation is 1. The van der Waals surface area contributed by atoms with Crippen LogP contribution in [0.3, 0.4) is 0 Å². The molecule has 3 rings (SSSR count). The number of carbonyl (C=O) groups excluding carboxylic acids is 1. The van der Waals surface area contributed by atoms with E-state index in [1.807, 2.05) is 6.07 Å². The molecule has 1 aromatic heterocycles. The second kappa shape index (κ2) is 6.31. The molecule has 0 fully saturated rings. The standard InChI is InChI=1S/C19H13N3O2/c1-12-21-17-8-7-15(10-16(17)19(24)22-12)18(23)9-6-13-2-4-14(11-20)5-3-13/h2-10H,1H3,(H,21,22,24)/b9-6+. The van der Waals surface area contributed by atoms with Crippen molar-refractivity contribution in [3.05, 3.63) is 81.4 Å². The summed E-state index contributed by atoms with van der Waals surface area (Å²) in [5.41, 5.74) is 2.10. The molecule has 0 saturated heterocycles. The number of aromatic amines is 1. The van der Waals surface area contributed by atoms with Crippen LogP contribution in [-0.2, 0) is 0 Å². The lowest BCUT2D eigenvalue weighted by Crippen LogP contribution is -2.10. The number of fused-ring (bicyclic) bond motifs is 1. The Morgan fingerprint density at radius 3 is 2.67 bits per heavy atom. The number of hydrogen-bond donors (Lipinski definition) is 1. The Morgan fingerprint density at radius 1 is 1.21 bits per heavy atom.